The minimum atomic E-state index is 0.000398. The first kappa shape index (κ1) is 15.6. The molecule has 0 heterocycles. The number of hydrogen-bond acceptors (Lipinski definition) is 3. The molecule has 23 heavy (non-hydrogen) atoms. The number of benzene rings is 2. The molecule has 0 spiro atoms. The van der Waals surface area contributed by atoms with Crippen molar-refractivity contribution in [3.63, 3.8) is 0 Å². The Morgan fingerprint density at radius 2 is 1.78 bits per heavy atom. The molecule has 1 atom stereocenters. The van der Waals surface area contributed by atoms with Crippen LogP contribution in [-0.4, -0.2) is 31.4 Å². The molecular weight excluding hydrogens is 286 g/mol. The molecule has 0 bridgehead atoms. The van der Waals surface area contributed by atoms with Crippen molar-refractivity contribution in [2.75, 3.05) is 31.3 Å². The highest BCUT2D eigenvalue weighted by molar-refractivity contribution is 5.92. The standard InChI is InChI=1S/C19H23N3O/c1-22(2)13-19(23)21-16-10-8-15(9-11-16)20-18-12-7-14-5-3-4-6-17(14)18/h3-6,8-11,18,20H,7,12-13H2,1-2H3,(H,21,23)/t18-/m0/s1. The van der Waals surface area contributed by atoms with E-state index in [9.17, 15) is 4.79 Å². The maximum Gasteiger partial charge on any atom is 0.238 e. The fourth-order valence-corrected chi connectivity index (χ4v) is 3.05. The number of aryl methyl sites for hydroxylation is 1. The zero-order valence-corrected chi connectivity index (χ0v) is 13.7. The number of carbonyl (C=O) groups is 1. The monoisotopic (exact) mass is 309 g/mol. The van der Waals surface area contributed by atoms with Crippen LogP contribution in [0, 0.1) is 0 Å². The van der Waals surface area contributed by atoms with E-state index < -0.39 is 0 Å². The number of nitrogens with zero attached hydrogens (tertiary/aromatic N) is 1. The second-order valence-corrected chi connectivity index (χ2v) is 6.30. The van der Waals surface area contributed by atoms with Crippen LogP contribution in [0.2, 0.25) is 0 Å². The Bertz CT molecular complexity index is 679. The molecule has 0 fully saturated rings. The maximum absolute atomic E-state index is 11.8. The number of fused-ring (bicyclic) bond motifs is 1. The van der Waals surface area contributed by atoms with Gasteiger partial charge in [-0.25, -0.2) is 0 Å². The van der Waals surface area contributed by atoms with Gasteiger partial charge >= 0.3 is 0 Å². The van der Waals surface area contributed by atoms with Crippen LogP contribution in [0.3, 0.4) is 0 Å². The molecule has 0 unspecified atom stereocenters. The molecule has 4 nitrogen and oxygen atoms in total. The Hall–Kier alpha value is -2.33. The van der Waals surface area contributed by atoms with Crippen molar-refractivity contribution in [1.82, 2.24) is 4.90 Å². The van der Waals surface area contributed by atoms with Gasteiger partial charge < -0.3 is 15.5 Å². The molecule has 0 aliphatic heterocycles. The number of anilines is 2. The molecule has 120 valence electrons. The molecule has 0 radical (unpaired) electrons. The predicted molar refractivity (Wildman–Crippen MR) is 94.8 cm³/mol. The van der Waals surface area contributed by atoms with Crippen LogP contribution in [-0.2, 0) is 11.2 Å². The second-order valence-electron chi connectivity index (χ2n) is 6.30. The minimum absolute atomic E-state index is 0.000398. The Morgan fingerprint density at radius 1 is 1.09 bits per heavy atom. The zero-order chi connectivity index (χ0) is 16.2. The largest absolute Gasteiger partial charge is 0.378 e. The third-order valence-corrected chi connectivity index (χ3v) is 4.10. The lowest BCUT2D eigenvalue weighted by Crippen LogP contribution is -2.27. The number of amides is 1. The van der Waals surface area contributed by atoms with E-state index in [1.807, 2.05) is 43.3 Å². The van der Waals surface area contributed by atoms with Crippen LogP contribution in [0.4, 0.5) is 11.4 Å². The lowest BCUT2D eigenvalue weighted by Gasteiger charge is -2.16. The van der Waals surface area contributed by atoms with Crippen LogP contribution >= 0.6 is 0 Å². The van der Waals surface area contributed by atoms with Gasteiger partial charge in [-0.05, 0) is 62.3 Å². The fourth-order valence-electron chi connectivity index (χ4n) is 3.05. The van der Waals surface area contributed by atoms with Gasteiger partial charge in [0, 0.05) is 11.4 Å². The quantitative estimate of drug-likeness (QED) is 0.891. The van der Waals surface area contributed by atoms with Crippen LogP contribution < -0.4 is 10.6 Å². The SMILES string of the molecule is CN(C)CC(=O)Nc1ccc(N[C@H]2CCc3ccccc32)cc1. The number of carbonyl (C=O) groups excluding carboxylic acids is 1. The molecule has 1 aliphatic carbocycles. The molecule has 2 aromatic carbocycles. The van der Waals surface area contributed by atoms with Gasteiger partial charge in [0.1, 0.15) is 0 Å². The molecule has 1 aliphatic rings. The van der Waals surface area contributed by atoms with Crippen molar-refractivity contribution >= 4 is 17.3 Å². The van der Waals surface area contributed by atoms with Crippen molar-refractivity contribution < 1.29 is 4.79 Å². The Kier molecular flexibility index (Phi) is 4.63. The summed E-state index contributed by atoms with van der Waals surface area (Å²) in [6.45, 7) is 0.388. The summed E-state index contributed by atoms with van der Waals surface area (Å²) >= 11 is 0. The van der Waals surface area contributed by atoms with Gasteiger partial charge in [-0.3, -0.25) is 4.79 Å². The van der Waals surface area contributed by atoms with Gasteiger partial charge in [-0.2, -0.15) is 0 Å². The number of hydrogen-bond donors (Lipinski definition) is 2. The van der Waals surface area contributed by atoms with E-state index in [-0.39, 0.29) is 5.91 Å². The predicted octanol–water partition coefficient (Wildman–Crippen LogP) is 3.29. The van der Waals surface area contributed by atoms with E-state index >= 15 is 0 Å². The molecule has 0 aromatic heterocycles. The molecule has 1 amide bonds. The average molecular weight is 309 g/mol. The summed E-state index contributed by atoms with van der Waals surface area (Å²) in [4.78, 5) is 13.6. The van der Waals surface area contributed by atoms with Crippen molar-refractivity contribution in [3.8, 4) is 0 Å². The van der Waals surface area contributed by atoms with Gasteiger partial charge in [-0.15, -0.1) is 0 Å². The van der Waals surface area contributed by atoms with Gasteiger partial charge in [0.25, 0.3) is 0 Å². The van der Waals surface area contributed by atoms with E-state index in [1.165, 1.54) is 11.1 Å². The second kappa shape index (κ2) is 6.84. The van der Waals surface area contributed by atoms with E-state index in [1.54, 1.807) is 0 Å². The summed E-state index contributed by atoms with van der Waals surface area (Å²) in [6, 6.07) is 16.9. The summed E-state index contributed by atoms with van der Waals surface area (Å²) in [5.41, 5.74) is 4.75. The molecular formula is C19H23N3O. The van der Waals surface area contributed by atoms with Gasteiger partial charge in [0.05, 0.1) is 12.6 Å². The smallest absolute Gasteiger partial charge is 0.238 e. The van der Waals surface area contributed by atoms with Gasteiger partial charge in [-0.1, -0.05) is 24.3 Å². The molecule has 0 saturated heterocycles. The summed E-state index contributed by atoms with van der Waals surface area (Å²) in [6.07, 6.45) is 2.26. The third kappa shape index (κ3) is 3.90. The first-order valence-corrected chi connectivity index (χ1v) is 8.01. The average Bonchev–Trinajstić information content (AvgIpc) is 2.92. The molecule has 2 N–H and O–H groups in total. The molecule has 2 aromatic rings. The van der Waals surface area contributed by atoms with Crippen LogP contribution in [0.5, 0.6) is 0 Å². The molecule has 0 saturated carbocycles. The minimum Gasteiger partial charge on any atom is -0.378 e. The Morgan fingerprint density at radius 3 is 2.52 bits per heavy atom. The lowest BCUT2D eigenvalue weighted by atomic mass is 10.1. The number of likely N-dealkylation sites (N-methyl/N-ethyl adjacent to an activating group) is 1. The highest BCUT2D eigenvalue weighted by atomic mass is 16.2. The topological polar surface area (TPSA) is 44.4 Å². The van der Waals surface area contributed by atoms with Crippen molar-refractivity contribution in [2.24, 2.45) is 0 Å². The van der Waals surface area contributed by atoms with E-state index in [2.05, 4.69) is 34.9 Å². The van der Waals surface area contributed by atoms with Gasteiger partial charge in [0.2, 0.25) is 5.91 Å². The van der Waals surface area contributed by atoms with Crippen LogP contribution in [0.25, 0.3) is 0 Å². The fraction of sp³-hybridized carbons (Fsp3) is 0.316. The van der Waals surface area contributed by atoms with Crippen molar-refractivity contribution in [3.05, 3.63) is 59.7 Å². The molecule has 3 rings (SSSR count). The lowest BCUT2D eigenvalue weighted by molar-refractivity contribution is -0.116. The first-order valence-electron chi connectivity index (χ1n) is 8.01. The van der Waals surface area contributed by atoms with Gasteiger partial charge in [0.15, 0.2) is 0 Å². The van der Waals surface area contributed by atoms with Crippen LogP contribution in [0.1, 0.15) is 23.6 Å². The van der Waals surface area contributed by atoms with E-state index in [0.717, 1.165) is 24.2 Å². The van der Waals surface area contributed by atoms with Crippen molar-refractivity contribution in [1.29, 1.82) is 0 Å². The normalized spacial score (nSPS) is 16.2. The highest BCUT2D eigenvalue weighted by Gasteiger charge is 2.21. The number of nitrogens with one attached hydrogen (secondary N) is 2. The summed E-state index contributed by atoms with van der Waals surface area (Å²) < 4.78 is 0. The Balaban J connectivity index is 1.61. The number of rotatable bonds is 5. The third-order valence-electron chi connectivity index (χ3n) is 4.10. The van der Waals surface area contributed by atoms with E-state index in [0.29, 0.717) is 12.6 Å². The highest BCUT2D eigenvalue weighted by Crippen LogP contribution is 2.33. The zero-order valence-electron chi connectivity index (χ0n) is 13.7. The summed E-state index contributed by atoms with van der Waals surface area (Å²) in [5.74, 6) is 0.000398. The van der Waals surface area contributed by atoms with Crippen molar-refractivity contribution in [2.45, 2.75) is 18.9 Å². The Labute approximate surface area is 137 Å². The van der Waals surface area contributed by atoms with Crippen LogP contribution in [0.15, 0.2) is 48.5 Å². The summed E-state index contributed by atoms with van der Waals surface area (Å²) in [5, 5.41) is 6.49. The van der Waals surface area contributed by atoms with E-state index in [4.69, 9.17) is 0 Å². The summed E-state index contributed by atoms with van der Waals surface area (Å²) in [7, 11) is 3.76. The first-order chi connectivity index (χ1) is 11.1. The molecule has 4 heteroatoms. The maximum atomic E-state index is 11.8.